The lowest BCUT2D eigenvalue weighted by atomic mass is 9.70. The number of hydrogen-bond acceptors (Lipinski definition) is 7. The molecular formula is C34H37BrClN3O7. The van der Waals surface area contributed by atoms with Crippen LogP contribution >= 0.6 is 27.5 Å². The molecule has 3 amide bonds. The Morgan fingerprint density at radius 2 is 1.89 bits per heavy atom. The first-order valence-corrected chi connectivity index (χ1v) is 16.5. The van der Waals surface area contributed by atoms with Crippen LogP contribution < -0.4 is 10.2 Å². The van der Waals surface area contributed by atoms with Gasteiger partial charge in [0.05, 0.1) is 30.6 Å². The van der Waals surface area contributed by atoms with Gasteiger partial charge >= 0.3 is 5.97 Å². The summed E-state index contributed by atoms with van der Waals surface area (Å²) in [4.78, 5) is 57.7. The molecule has 2 aromatic carbocycles. The number of allylic oxidation sites excluding steroid dienone is 1. The highest BCUT2D eigenvalue weighted by Gasteiger charge is 2.76. The summed E-state index contributed by atoms with van der Waals surface area (Å²) in [5.74, 6) is -3.65. The quantitative estimate of drug-likeness (QED) is 0.173. The Morgan fingerprint density at radius 3 is 2.54 bits per heavy atom. The van der Waals surface area contributed by atoms with Crippen LogP contribution in [0.4, 0.5) is 5.69 Å². The van der Waals surface area contributed by atoms with E-state index in [-0.39, 0.29) is 37.6 Å². The molecule has 3 aliphatic heterocycles. The van der Waals surface area contributed by atoms with Gasteiger partial charge in [-0.25, -0.2) is 0 Å². The number of fused-ring (bicyclic) bond motifs is 1. The number of likely N-dealkylation sites (tertiary alicyclic amines) is 1. The van der Waals surface area contributed by atoms with Crippen molar-refractivity contribution in [3.05, 3.63) is 90.5 Å². The monoisotopic (exact) mass is 713 g/mol. The van der Waals surface area contributed by atoms with Gasteiger partial charge < -0.3 is 29.7 Å². The molecule has 2 aromatic rings. The summed E-state index contributed by atoms with van der Waals surface area (Å²) in [5, 5.41) is 13.5. The van der Waals surface area contributed by atoms with Crippen LogP contribution in [0.5, 0.6) is 0 Å². The number of aliphatic hydroxyl groups is 1. The number of esters is 1. The van der Waals surface area contributed by atoms with Gasteiger partial charge in [0.25, 0.3) is 5.91 Å². The molecular weight excluding hydrogens is 678 g/mol. The summed E-state index contributed by atoms with van der Waals surface area (Å²) in [7, 11) is 0. The third-order valence-corrected chi connectivity index (χ3v) is 9.96. The number of aliphatic hydroxyl groups excluding tert-OH is 1. The van der Waals surface area contributed by atoms with Crippen LogP contribution in [0.25, 0.3) is 0 Å². The largest absolute Gasteiger partial charge is 0.463 e. The smallest absolute Gasteiger partial charge is 0.306 e. The summed E-state index contributed by atoms with van der Waals surface area (Å²) in [5.41, 5.74) is -0.0523. The van der Waals surface area contributed by atoms with Crippen molar-refractivity contribution in [2.75, 3.05) is 31.2 Å². The molecule has 0 aromatic heterocycles. The van der Waals surface area contributed by atoms with Crippen molar-refractivity contribution >= 4 is 56.9 Å². The summed E-state index contributed by atoms with van der Waals surface area (Å²) in [6.07, 6.45) is 3.45. The third kappa shape index (κ3) is 6.38. The number of ether oxygens (including phenoxy) is 2. The highest BCUT2D eigenvalue weighted by atomic mass is 79.9. The van der Waals surface area contributed by atoms with Crippen LogP contribution in [0.1, 0.15) is 30.9 Å². The fourth-order valence-corrected chi connectivity index (χ4v) is 7.99. The van der Waals surface area contributed by atoms with E-state index in [0.717, 1.165) is 5.56 Å². The number of β-amino-alcohol motifs (C(OH)–C–C–N with tert-alkyl or cyclic N) is 1. The zero-order chi connectivity index (χ0) is 33.0. The van der Waals surface area contributed by atoms with Gasteiger partial charge in [0, 0.05) is 35.0 Å². The minimum Gasteiger partial charge on any atom is -0.463 e. The molecule has 12 heteroatoms. The molecule has 3 aliphatic rings. The molecule has 46 heavy (non-hydrogen) atoms. The molecule has 0 aliphatic carbocycles. The second kappa shape index (κ2) is 14.5. The maximum Gasteiger partial charge on any atom is 0.306 e. The van der Waals surface area contributed by atoms with Crippen molar-refractivity contribution in [1.29, 1.82) is 0 Å². The van der Waals surface area contributed by atoms with Gasteiger partial charge in [-0.05, 0) is 42.7 Å². The highest BCUT2D eigenvalue weighted by molar-refractivity contribution is 9.09. The van der Waals surface area contributed by atoms with E-state index in [9.17, 15) is 24.3 Å². The van der Waals surface area contributed by atoms with Crippen LogP contribution in [-0.4, -0.2) is 82.6 Å². The van der Waals surface area contributed by atoms with E-state index < -0.39 is 59.3 Å². The van der Waals surface area contributed by atoms with Crippen molar-refractivity contribution < 1.29 is 33.8 Å². The van der Waals surface area contributed by atoms with E-state index in [1.54, 1.807) is 36.4 Å². The summed E-state index contributed by atoms with van der Waals surface area (Å²) < 4.78 is 12.1. The first-order valence-electron chi connectivity index (χ1n) is 15.2. The molecule has 0 radical (unpaired) electrons. The molecule has 0 saturated carbocycles. The number of carbonyl (C=O) groups excluding carboxylic acids is 4. The fourth-order valence-electron chi connectivity index (χ4n) is 6.92. The highest BCUT2D eigenvalue weighted by Crippen LogP contribution is 2.60. The maximum atomic E-state index is 14.5. The zero-order valence-corrected chi connectivity index (χ0v) is 27.6. The third-order valence-electron chi connectivity index (χ3n) is 8.86. The minimum atomic E-state index is -1.32. The number of alkyl halides is 1. The maximum absolute atomic E-state index is 14.5. The SMILES string of the molecule is C=CCCC(=O)OC[C@@H](NC(=O)[C@@H]1[C@H]2O[C@@]3(CC2Br)[C@H](C(=O)N(CC=C)c2ccc(Cl)cc2)N(CCO)C(=O)[C@@H]13)c1ccccc1. The number of nitrogens with one attached hydrogen (secondary N) is 1. The Hall–Kier alpha value is -3.51. The predicted octanol–water partition coefficient (Wildman–Crippen LogP) is 3.97. The van der Waals surface area contributed by atoms with Gasteiger partial charge in [-0.3, -0.25) is 19.2 Å². The minimum absolute atomic E-state index is 0.110. The Morgan fingerprint density at radius 1 is 1.17 bits per heavy atom. The van der Waals surface area contributed by atoms with E-state index in [1.165, 1.54) is 9.80 Å². The average molecular weight is 715 g/mol. The fraction of sp³-hybridized carbons (Fsp3) is 0.412. The molecule has 2 bridgehead atoms. The van der Waals surface area contributed by atoms with Crippen LogP contribution in [0.2, 0.25) is 5.02 Å². The first kappa shape index (κ1) is 33.8. The number of benzene rings is 2. The van der Waals surface area contributed by atoms with Gasteiger partial charge in [0.15, 0.2) is 0 Å². The lowest BCUT2D eigenvalue weighted by Crippen LogP contribution is -2.57. The van der Waals surface area contributed by atoms with Crippen LogP contribution in [0, 0.1) is 11.8 Å². The molecule has 5 rings (SSSR count). The molecule has 10 nitrogen and oxygen atoms in total. The number of amides is 3. The van der Waals surface area contributed by atoms with Crippen molar-refractivity contribution in [3.63, 3.8) is 0 Å². The van der Waals surface area contributed by atoms with Gasteiger partial charge in [0.2, 0.25) is 11.8 Å². The van der Waals surface area contributed by atoms with Crippen LogP contribution in [-0.2, 0) is 28.7 Å². The lowest BCUT2D eigenvalue weighted by molar-refractivity contribution is -0.146. The second-order valence-electron chi connectivity index (χ2n) is 11.6. The van der Waals surface area contributed by atoms with E-state index in [1.807, 2.05) is 30.3 Å². The van der Waals surface area contributed by atoms with Crippen LogP contribution in [0.3, 0.4) is 0 Å². The summed E-state index contributed by atoms with van der Waals surface area (Å²) >= 11 is 9.78. The van der Waals surface area contributed by atoms with Gasteiger partial charge in [-0.15, -0.1) is 13.2 Å². The van der Waals surface area contributed by atoms with Crippen molar-refractivity contribution in [3.8, 4) is 0 Å². The Balaban J connectivity index is 1.46. The predicted molar refractivity (Wildman–Crippen MR) is 176 cm³/mol. The number of rotatable bonds is 14. The number of anilines is 1. The van der Waals surface area contributed by atoms with Crippen molar-refractivity contribution in [2.45, 2.75) is 47.9 Å². The van der Waals surface area contributed by atoms with E-state index in [4.69, 9.17) is 21.1 Å². The van der Waals surface area contributed by atoms with Crippen LogP contribution in [0.15, 0.2) is 79.9 Å². The second-order valence-corrected chi connectivity index (χ2v) is 13.2. The Labute approximate surface area is 281 Å². The Kier molecular flexibility index (Phi) is 10.7. The molecule has 2 N–H and O–H groups in total. The standard InChI is InChI=1S/C34H37BrClN3O7/c1-3-5-11-26(41)45-20-25(21-9-7-6-8-10-21)37-31(42)27-28-32(43)39(17-18-40)30(34(28)19-24(35)29(27)46-34)33(44)38(16-4-2)23-14-12-22(36)13-15-23/h3-4,6-10,12-15,24-25,27-30,40H,1-2,5,11,16-20H2,(H,37,42)/t24?,25-,27+,28-,29+,30+,34-/m1/s1. The first-order chi connectivity index (χ1) is 22.2. The normalized spacial score (nSPS) is 26.7. The van der Waals surface area contributed by atoms with Crippen molar-refractivity contribution in [1.82, 2.24) is 10.2 Å². The molecule has 7 atom stereocenters. The van der Waals surface area contributed by atoms with Gasteiger partial charge in [-0.1, -0.05) is 70.0 Å². The number of halogens is 2. The molecule has 3 saturated heterocycles. The number of hydrogen-bond donors (Lipinski definition) is 2. The van der Waals surface area contributed by atoms with E-state index in [0.29, 0.717) is 23.6 Å². The summed E-state index contributed by atoms with van der Waals surface area (Å²) in [6, 6.07) is 14.0. The zero-order valence-electron chi connectivity index (χ0n) is 25.2. The topological polar surface area (TPSA) is 125 Å². The van der Waals surface area contributed by atoms with Gasteiger partial charge in [0.1, 0.15) is 18.2 Å². The summed E-state index contributed by atoms with van der Waals surface area (Å²) in [6.45, 7) is 6.98. The van der Waals surface area contributed by atoms with E-state index in [2.05, 4.69) is 34.4 Å². The molecule has 3 heterocycles. The number of nitrogens with zero attached hydrogens (tertiary/aromatic N) is 2. The lowest BCUT2D eigenvalue weighted by Gasteiger charge is -2.37. The van der Waals surface area contributed by atoms with Gasteiger partial charge in [-0.2, -0.15) is 0 Å². The molecule has 3 fully saturated rings. The molecule has 244 valence electrons. The number of carbonyl (C=O) groups is 4. The molecule has 1 spiro atoms. The Bertz CT molecular complexity index is 1470. The molecule has 1 unspecified atom stereocenters. The van der Waals surface area contributed by atoms with Crippen molar-refractivity contribution in [2.24, 2.45) is 11.8 Å². The average Bonchev–Trinajstić information content (AvgIpc) is 3.64. The van der Waals surface area contributed by atoms with E-state index >= 15 is 0 Å².